The van der Waals surface area contributed by atoms with Gasteiger partial charge in [-0.2, -0.15) is 10.5 Å². The SMILES string of the molecule is CC1CCCCN1c1ccc(C(N)=O)cc1NC=C(C#N)c1nn[nH]n1. The van der Waals surface area contributed by atoms with Crippen molar-refractivity contribution in [2.24, 2.45) is 5.73 Å². The molecule has 1 atom stereocenters. The van der Waals surface area contributed by atoms with Crippen LogP contribution in [0.4, 0.5) is 11.4 Å². The molecule has 1 aromatic carbocycles. The average Bonchev–Trinajstić information content (AvgIpc) is 3.17. The number of nitrogens with one attached hydrogen (secondary N) is 2. The van der Waals surface area contributed by atoms with E-state index >= 15 is 0 Å². The fourth-order valence-corrected chi connectivity index (χ4v) is 3.08. The van der Waals surface area contributed by atoms with Gasteiger partial charge < -0.3 is 16.0 Å². The number of tetrazole rings is 1. The molecular formula is C17H20N8O. The van der Waals surface area contributed by atoms with Crippen LogP contribution in [0.2, 0.25) is 0 Å². The number of carbonyl (C=O) groups excluding carboxylic acids is 1. The van der Waals surface area contributed by atoms with Crippen LogP contribution >= 0.6 is 0 Å². The summed E-state index contributed by atoms with van der Waals surface area (Å²) in [6, 6.07) is 7.72. The van der Waals surface area contributed by atoms with Crippen LogP contribution in [0.1, 0.15) is 42.4 Å². The van der Waals surface area contributed by atoms with Crippen molar-refractivity contribution in [2.45, 2.75) is 32.2 Å². The van der Waals surface area contributed by atoms with E-state index in [-0.39, 0.29) is 11.4 Å². The normalized spacial score (nSPS) is 17.6. The lowest BCUT2D eigenvalue weighted by atomic mass is 10.0. The Morgan fingerprint density at radius 1 is 1.50 bits per heavy atom. The summed E-state index contributed by atoms with van der Waals surface area (Å²) < 4.78 is 0. The summed E-state index contributed by atoms with van der Waals surface area (Å²) in [6.45, 7) is 3.12. The van der Waals surface area contributed by atoms with Gasteiger partial charge in [-0.25, -0.2) is 0 Å². The van der Waals surface area contributed by atoms with E-state index < -0.39 is 5.91 Å². The summed E-state index contributed by atoms with van der Waals surface area (Å²) in [5.74, 6) is -0.312. The number of nitrogens with zero attached hydrogens (tertiary/aromatic N) is 5. The lowest BCUT2D eigenvalue weighted by Gasteiger charge is -2.36. The molecular weight excluding hydrogens is 332 g/mol. The fraction of sp³-hybridized carbons (Fsp3) is 0.353. The number of primary amides is 1. The molecule has 1 aliphatic heterocycles. The summed E-state index contributed by atoms with van der Waals surface area (Å²) in [7, 11) is 0. The van der Waals surface area contributed by atoms with Gasteiger partial charge in [0.2, 0.25) is 11.7 Å². The Kier molecular flexibility index (Phi) is 5.12. The van der Waals surface area contributed by atoms with Crippen LogP contribution in [0.3, 0.4) is 0 Å². The molecule has 1 aliphatic rings. The number of nitrogens with two attached hydrogens (primary N) is 1. The lowest BCUT2D eigenvalue weighted by Crippen LogP contribution is -2.37. The summed E-state index contributed by atoms with van der Waals surface area (Å²) >= 11 is 0. The number of carbonyl (C=O) groups is 1. The summed E-state index contributed by atoms with van der Waals surface area (Å²) in [4.78, 5) is 13.9. The molecule has 134 valence electrons. The van der Waals surface area contributed by atoms with E-state index in [9.17, 15) is 10.1 Å². The summed E-state index contributed by atoms with van der Waals surface area (Å²) in [5.41, 5.74) is 7.70. The van der Waals surface area contributed by atoms with Crippen LogP contribution in [0.25, 0.3) is 5.57 Å². The van der Waals surface area contributed by atoms with Crippen molar-refractivity contribution in [3.63, 3.8) is 0 Å². The third-order valence-electron chi connectivity index (χ3n) is 4.47. The van der Waals surface area contributed by atoms with Crippen molar-refractivity contribution >= 4 is 22.9 Å². The monoisotopic (exact) mass is 352 g/mol. The lowest BCUT2D eigenvalue weighted by molar-refractivity contribution is 0.100. The molecule has 4 N–H and O–H groups in total. The molecule has 0 aliphatic carbocycles. The zero-order valence-corrected chi connectivity index (χ0v) is 14.4. The molecule has 26 heavy (non-hydrogen) atoms. The second-order valence-corrected chi connectivity index (χ2v) is 6.18. The van der Waals surface area contributed by atoms with Crippen LogP contribution in [-0.2, 0) is 0 Å². The van der Waals surface area contributed by atoms with Gasteiger partial charge in [-0.05, 0) is 49.6 Å². The van der Waals surface area contributed by atoms with Gasteiger partial charge in [-0.15, -0.1) is 10.2 Å². The Labute approximate surface area is 150 Å². The number of hydrogen-bond donors (Lipinski definition) is 3. The Balaban J connectivity index is 1.96. The van der Waals surface area contributed by atoms with Gasteiger partial charge in [0.05, 0.1) is 11.4 Å². The minimum Gasteiger partial charge on any atom is -0.367 e. The molecule has 0 spiro atoms. The van der Waals surface area contributed by atoms with Crippen molar-refractivity contribution < 1.29 is 4.79 Å². The van der Waals surface area contributed by atoms with E-state index in [0.717, 1.165) is 25.1 Å². The van der Waals surface area contributed by atoms with Gasteiger partial charge in [-0.1, -0.05) is 0 Å². The summed E-state index contributed by atoms with van der Waals surface area (Å²) in [5, 5.41) is 25.8. The minimum absolute atomic E-state index is 0.193. The van der Waals surface area contributed by atoms with Crippen LogP contribution < -0.4 is 16.0 Å². The van der Waals surface area contributed by atoms with Crippen molar-refractivity contribution in [2.75, 3.05) is 16.8 Å². The van der Waals surface area contributed by atoms with Gasteiger partial charge in [0.15, 0.2) is 0 Å². The van der Waals surface area contributed by atoms with E-state index in [1.165, 1.54) is 12.6 Å². The standard InChI is InChI=1S/C17H20N8O/c1-11-4-2-3-7-25(11)15-6-5-12(16(19)26)8-14(15)20-10-13(9-18)17-21-23-24-22-17/h5-6,8,10-11,20H,2-4,7H2,1H3,(H2,19,26)(H,21,22,23,24). The maximum atomic E-state index is 11.6. The molecule has 1 saturated heterocycles. The Morgan fingerprint density at radius 2 is 2.35 bits per heavy atom. The number of aromatic nitrogens is 4. The number of amides is 1. The van der Waals surface area contributed by atoms with Crippen molar-refractivity contribution in [1.82, 2.24) is 20.6 Å². The molecule has 9 nitrogen and oxygen atoms in total. The third-order valence-corrected chi connectivity index (χ3v) is 4.47. The first-order chi connectivity index (χ1) is 12.6. The van der Waals surface area contributed by atoms with Crippen LogP contribution in [0, 0.1) is 11.3 Å². The van der Waals surface area contributed by atoms with E-state index in [1.807, 2.05) is 12.1 Å². The number of benzene rings is 1. The fourth-order valence-electron chi connectivity index (χ4n) is 3.08. The van der Waals surface area contributed by atoms with Crippen molar-refractivity contribution in [1.29, 1.82) is 5.26 Å². The minimum atomic E-state index is -0.506. The second-order valence-electron chi connectivity index (χ2n) is 6.18. The molecule has 1 fully saturated rings. The summed E-state index contributed by atoms with van der Waals surface area (Å²) in [6.07, 6.45) is 4.93. The van der Waals surface area contributed by atoms with E-state index in [1.54, 1.807) is 12.1 Å². The predicted octanol–water partition coefficient (Wildman–Crippen LogP) is 1.65. The number of aromatic amines is 1. The topological polar surface area (TPSA) is 137 Å². The zero-order valence-electron chi connectivity index (χ0n) is 14.4. The van der Waals surface area contributed by atoms with Gasteiger partial charge in [-0.3, -0.25) is 4.79 Å². The molecule has 0 bridgehead atoms. The molecule has 0 radical (unpaired) electrons. The number of allylic oxidation sites excluding steroid dienone is 1. The first-order valence-corrected chi connectivity index (χ1v) is 8.41. The Hall–Kier alpha value is -3.41. The van der Waals surface area contributed by atoms with Gasteiger partial charge in [0, 0.05) is 24.4 Å². The van der Waals surface area contributed by atoms with Crippen LogP contribution in [-0.4, -0.2) is 39.1 Å². The molecule has 2 aromatic rings. The van der Waals surface area contributed by atoms with Crippen molar-refractivity contribution in [3.05, 3.63) is 35.8 Å². The molecule has 1 amide bonds. The zero-order chi connectivity index (χ0) is 18.5. The van der Waals surface area contributed by atoms with E-state index in [2.05, 4.69) is 37.8 Å². The maximum Gasteiger partial charge on any atom is 0.248 e. The first-order valence-electron chi connectivity index (χ1n) is 8.41. The predicted molar refractivity (Wildman–Crippen MR) is 97.0 cm³/mol. The van der Waals surface area contributed by atoms with E-state index in [0.29, 0.717) is 17.3 Å². The van der Waals surface area contributed by atoms with Gasteiger partial charge in [0.1, 0.15) is 11.6 Å². The van der Waals surface area contributed by atoms with Gasteiger partial charge in [0.25, 0.3) is 0 Å². The molecule has 1 aromatic heterocycles. The number of rotatable bonds is 5. The number of anilines is 2. The highest BCUT2D eigenvalue weighted by Gasteiger charge is 2.21. The number of nitriles is 1. The highest BCUT2D eigenvalue weighted by atomic mass is 16.1. The smallest absolute Gasteiger partial charge is 0.248 e. The van der Waals surface area contributed by atoms with Crippen LogP contribution in [0.5, 0.6) is 0 Å². The largest absolute Gasteiger partial charge is 0.367 e. The Morgan fingerprint density at radius 3 is 3.00 bits per heavy atom. The number of hydrogen-bond acceptors (Lipinski definition) is 7. The highest BCUT2D eigenvalue weighted by molar-refractivity contribution is 5.95. The molecule has 1 unspecified atom stereocenters. The Bertz CT molecular complexity index is 852. The third kappa shape index (κ3) is 3.64. The number of piperidine rings is 1. The first kappa shape index (κ1) is 17.4. The molecule has 2 heterocycles. The molecule has 9 heteroatoms. The van der Waals surface area contributed by atoms with Crippen molar-refractivity contribution in [3.8, 4) is 6.07 Å². The quantitative estimate of drug-likeness (QED) is 0.696. The van der Waals surface area contributed by atoms with E-state index in [4.69, 9.17) is 5.73 Å². The van der Waals surface area contributed by atoms with Gasteiger partial charge >= 0.3 is 0 Å². The van der Waals surface area contributed by atoms with Crippen LogP contribution in [0.15, 0.2) is 24.4 Å². The number of H-pyrrole nitrogens is 1. The second kappa shape index (κ2) is 7.65. The average molecular weight is 352 g/mol. The highest BCUT2D eigenvalue weighted by Crippen LogP contribution is 2.32. The molecule has 3 rings (SSSR count). The maximum absolute atomic E-state index is 11.6. The molecule has 0 saturated carbocycles.